The fraction of sp³-hybridized carbons (Fsp3) is 0.111. The average Bonchev–Trinajstić information content (AvgIpc) is 2.19. The van der Waals surface area contributed by atoms with Crippen molar-refractivity contribution in [3.05, 3.63) is 17.8 Å². The van der Waals surface area contributed by atoms with Crippen molar-refractivity contribution in [2.75, 3.05) is 18.6 Å². The number of nitrogens with two attached hydrogens (primary N) is 2. The normalized spacial score (nSPS) is 8.64. The molecule has 5 nitrogen and oxygen atoms in total. The van der Waals surface area contributed by atoms with Crippen LogP contribution in [0.15, 0.2) is 12.3 Å². The van der Waals surface area contributed by atoms with Crippen LogP contribution >= 0.6 is 0 Å². The number of rotatable bonds is 0. The third-order valence-corrected chi connectivity index (χ3v) is 1.44. The van der Waals surface area contributed by atoms with Gasteiger partial charge in [-0.25, -0.2) is 9.78 Å². The van der Waals surface area contributed by atoms with Gasteiger partial charge in [0, 0.05) is 17.7 Å². The predicted octanol–water partition coefficient (Wildman–Crippen LogP) is -0.230. The average molecular weight is 191 g/mol. The third kappa shape index (κ3) is 2.38. The summed E-state index contributed by atoms with van der Waals surface area (Å²) in [5, 5.41) is 0. The Balaban J connectivity index is 2.91. The molecule has 0 aromatic carbocycles. The van der Waals surface area contributed by atoms with E-state index in [4.69, 9.17) is 11.5 Å². The van der Waals surface area contributed by atoms with Crippen LogP contribution in [0.2, 0.25) is 0 Å². The van der Waals surface area contributed by atoms with Crippen LogP contribution in [0.25, 0.3) is 0 Å². The maximum Gasteiger partial charge on any atom is 0.384 e. The highest BCUT2D eigenvalue weighted by atomic mass is 16.5. The highest BCUT2D eigenvalue weighted by Gasteiger charge is 1.96. The van der Waals surface area contributed by atoms with Gasteiger partial charge in [-0.3, -0.25) is 0 Å². The van der Waals surface area contributed by atoms with Crippen LogP contribution in [0, 0.1) is 11.8 Å². The number of nitrogen functional groups attached to an aromatic ring is 2. The lowest BCUT2D eigenvalue weighted by Gasteiger charge is -1.97. The predicted molar refractivity (Wildman–Crippen MR) is 52.0 cm³/mol. The van der Waals surface area contributed by atoms with Crippen molar-refractivity contribution in [1.82, 2.24) is 4.98 Å². The van der Waals surface area contributed by atoms with Crippen molar-refractivity contribution >= 4 is 17.5 Å². The number of esters is 1. The number of aromatic nitrogens is 1. The van der Waals surface area contributed by atoms with E-state index in [1.807, 2.05) is 0 Å². The largest absolute Gasteiger partial charge is 0.459 e. The van der Waals surface area contributed by atoms with Crippen LogP contribution < -0.4 is 11.5 Å². The van der Waals surface area contributed by atoms with E-state index in [2.05, 4.69) is 21.6 Å². The molecule has 0 aliphatic rings. The maximum absolute atomic E-state index is 10.7. The summed E-state index contributed by atoms with van der Waals surface area (Å²) in [7, 11) is 1.26. The Morgan fingerprint density at radius 1 is 1.57 bits per heavy atom. The first kappa shape index (κ1) is 9.86. The highest BCUT2D eigenvalue weighted by molar-refractivity contribution is 5.89. The summed E-state index contributed by atoms with van der Waals surface area (Å²) in [6.07, 6.45) is 1.43. The Morgan fingerprint density at radius 2 is 2.29 bits per heavy atom. The van der Waals surface area contributed by atoms with Gasteiger partial charge in [-0.15, -0.1) is 0 Å². The summed E-state index contributed by atoms with van der Waals surface area (Å²) >= 11 is 0. The molecule has 0 spiro atoms. The maximum atomic E-state index is 10.7. The van der Waals surface area contributed by atoms with E-state index in [1.165, 1.54) is 19.4 Å². The topological polar surface area (TPSA) is 91.2 Å². The number of methoxy groups -OCH3 is 1. The van der Waals surface area contributed by atoms with Crippen molar-refractivity contribution in [2.24, 2.45) is 0 Å². The van der Waals surface area contributed by atoms with E-state index in [-0.39, 0.29) is 5.82 Å². The van der Waals surface area contributed by atoms with Gasteiger partial charge in [0.25, 0.3) is 0 Å². The van der Waals surface area contributed by atoms with E-state index in [1.54, 1.807) is 0 Å². The Morgan fingerprint density at radius 3 is 2.86 bits per heavy atom. The van der Waals surface area contributed by atoms with Gasteiger partial charge in [-0.1, -0.05) is 5.92 Å². The van der Waals surface area contributed by atoms with Crippen LogP contribution in [-0.2, 0) is 9.53 Å². The number of hydrogen-bond acceptors (Lipinski definition) is 5. The van der Waals surface area contributed by atoms with Crippen LogP contribution in [0.4, 0.5) is 11.5 Å². The highest BCUT2D eigenvalue weighted by Crippen LogP contribution is 2.11. The molecular weight excluding hydrogens is 182 g/mol. The first-order chi connectivity index (χ1) is 6.63. The summed E-state index contributed by atoms with van der Waals surface area (Å²) < 4.78 is 4.34. The molecule has 0 unspecified atom stereocenters. The quantitative estimate of drug-likeness (QED) is 0.436. The molecule has 1 aromatic heterocycles. The Kier molecular flexibility index (Phi) is 2.92. The lowest BCUT2D eigenvalue weighted by atomic mass is 10.2. The van der Waals surface area contributed by atoms with E-state index in [0.717, 1.165) is 0 Å². The van der Waals surface area contributed by atoms with E-state index < -0.39 is 5.97 Å². The number of carbonyl (C=O) groups excluding carboxylic acids is 1. The molecule has 0 saturated heterocycles. The molecule has 5 heteroatoms. The zero-order valence-electron chi connectivity index (χ0n) is 7.57. The van der Waals surface area contributed by atoms with Gasteiger partial charge in [0.05, 0.1) is 12.8 Å². The second-order valence-corrected chi connectivity index (χ2v) is 2.44. The number of hydrogen-bond donors (Lipinski definition) is 2. The number of anilines is 2. The van der Waals surface area contributed by atoms with E-state index >= 15 is 0 Å². The third-order valence-electron chi connectivity index (χ3n) is 1.44. The molecule has 0 fully saturated rings. The minimum absolute atomic E-state index is 0.244. The second-order valence-electron chi connectivity index (χ2n) is 2.44. The van der Waals surface area contributed by atoms with Crippen molar-refractivity contribution in [2.45, 2.75) is 0 Å². The summed E-state index contributed by atoms with van der Waals surface area (Å²) in [6, 6.07) is 1.54. The molecule has 0 bridgehead atoms. The van der Waals surface area contributed by atoms with Crippen molar-refractivity contribution in [1.29, 1.82) is 0 Å². The van der Waals surface area contributed by atoms with Gasteiger partial charge < -0.3 is 16.2 Å². The van der Waals surface area contributed by atoms with Crippen LogP contribution in [0.3, 0.4) is 0 Å². The molecule has 0 atom stereocenters. The van der Waals surface area contributed by atoms with Gasteiger partial charge in [-0.2, -0.15) is 0 Å². The first-order valence-corrected chi connectivity index (χ1v) is 3.74. The van der Waals surface area contributed by atoms with E-state index in [9.17, 15) is 4.79 Å². The molecule has 4 N–H and O–H groups in total. The number of carbonyl (C=O) groups is 1. The van der Waals surface area contributed by atoms with Crippen LogP contribution in [0.5, 0.6) is 0 Å². The molecule has 0 aliphatic heterocycles. The molecule has 1 rings (SSSR count). The molecule has 14 heavy (non-hydrogen) atoms. The van der Waals surface area contributed by atoms with Crippen molar-refractivity contribution < 1.29 is 9.53 Å². The number of ether oxygens (including phenoxy) is 1. The summed E-state index contributed by atoms with van der Waals surface area (Å²) in [5.41, 5.74) is 11.7. The fourth-order valence-electron chi connectivity index (χ4n) is 0.735. The van der Waals surface area contributed by atoms with Gasteiger partial charge in [0.15, 0.2) is 0 Å². The zero-order valence-corrected chi connectivity index (χ0v) is 7.57. The molecule has 0 radical (unpaired) electrons. The number of pyridine rings is 1. The lowest BCUT2D eigenvalue weighted by Crippen LogP contribution is -1.98. The monoisotopic (exact) mass is 191 g/mol. The minimum Gasteiger partial charge on any atom is -0.459 e. The standard InChI is InChI=1S/C9H9N3O2/c1-14-8(13)3-2-6-4-7(10)9(11)12-5-6/h4-5H,10H2,1H3,(H2,11,12). The second kappa shape index (κ2) is 4.14. The van der Waals surface area contributed by atoms with Gasteiger partial charge in [-0.05, 0) is 6.07 Å². The van der Waals surface area contributed by atoms with Gasteiger partial charge in [0.1, 0.15) is 5.82 Å². The Hall–Kier alpha value is -2.22. The SMILES string of the molecule is COC(=O)C#Cc1cnc(N)c(N)c1. The zero-order chi connectivity index (χ0) is 10.6. The summed E-state index contributed by atoms with van der Waals surface area (Å²) in [4.78, 5) is 14.4. The molecule has 0 aliphatic carbocycles. The molecule has 1 aromatic rings. The molecule has 0 amide bonds. The molecule has 72 valence electrons. The van der Waals surface area contributed by atoms with Gasteiger partial charge >= 0.3 is 5.97 Å². The molecular formula is C9H9N3O2. The number of nitrogens with zero attached hydrogens (tertiary/aromatic N) is 1. The summed E-state index contributed by atoms with van der Waals surface area (Å²) in [5.74, 6) is 4.42. The Bertz CT molecular complexity index is 418. The summed E-state index contributed by atoms with van der Waals surface area (Å²) in [6.45, 7) is 0. The smallest absolute Gasteiger partial charge is 0.384 e. The fourth-order valence-corrected chi connectivity index (χ4v) is 0.735. The first-order valence-electron chi connectivity index (χ1n) is 3.74. The van der Waals surface area contributed by atoms with Crippen molar-refractivity contribution in [3.8, 4) is 11.8 Å². The molecule has 0 saturated carbocycles. The Labute approximate surface area is 81.1 Å². The van der Waals surface area contributed by atoms with Gasteiger partial charge in [0.2, 0.25) is 0 Å². The molecule has 1 heterocycles. The lowest BCUT2D eigenvalue weighted by molar-refractivity contribution is -0.133. The van der Waals surface area contributed by atoms with Crippen molar-refractivity contribution in [3.63, 3.8) is 0 Å². The van der Waals surface area contributed by atoms with E-state index in [0.29, 0.717) is 11.3 Å². The minimum atomic E-state index is -0.611. The van der Waals surface area contributed by atoms with Crippen LogP contribution in [-0.4, -0.2) is 18.1 Å². The van der Waals surface area contributed by atoms with Crippen LogP contribution in [0.1, 0.15) is 5.56 Å².